The van der Waals surface area contributed by atoms with Gasteiger partial charge in [-0.3, -0.25) is 4.99 Å². The van der Waals surface area contributed by atoms with Crippen molar-refractivity contribution in [1.29, 1.82) is 0 Å². The molecule has 27 heavy (non-hydrogen) atoms. The van der Waals surface area contributed by atoms with Gasteiger partial charge >= 0.3 is 0 Å². The van der Waals surface area contributed by atoms with Crippen LogP contribution in [0.4, 0.5) is 5.69 Å². The number of hydrogen-bond acceptors (Lipinski definition) is 3. The van der Waals surface area contributed by atoms with E-state index in [0.29, 0.717) is 12.0 Å². The predicted octanol–water partition coefficient (Wildman–Crippen LogP) is 3.43. The number of rotatable bonds is 6. The lowest BCUT2D eigenvalue weighted by Crippen LogP contribution is -2.46. The fraction of sp³-hybridized carbons (Fsp3) is 0.650. The molecular weight excluding hydrogens is 473 g/mol. The molecular formula is C20H33ClIN5. The average Bonchev–Trinajstić information content (AvgIpc) is 3.30. The smallest absolute Gasteiger partial charge is 0.191 e. The quantitative estimate of drug-likeness (QED) is 0.353. The summed E-state index contributed by atoms with van der Waals surface area (Å²) in [6, 6.07) is 8.51. The van der Waals surface area contributed by atoms with Crippen molar-refractivity contribution in [3.8, 4) is 0 Å². The van der Waals surface area contributed by atoms with Gasteiger partial charge in [0.05, 0.1) is 0 Å². The normalized spacial score (nSPS) is 21.8. The highest BCUT2D eigenvalue weighted by Gasteiger charge is 2.23. The first-order valence-electron chi connectivity index (χ1n) is 9.84. The molecule has 0 amide bonds. The molecule has 0 radical (unpaired) electrons. The number of hydrogen-bond donors (Lipinski definition) is 2. The lowest BCUT2D eigenvalue weighted by molar-refractivity contribution is 0.287. The van der Waals surface area contributed by atoms with E-state index < -0.39 is 0 Å². The zero-order valence-corrected chi connectivity index (χ0v) is 19.5. The van der Waals surface area contributed by atoms with Crippen LogP contribution in [0.3, 0.4) is 0 Å². The maximum atomic E-state index is 6.12. The van der Waals surface area contributed by atoms with Crippen molar-refractivity contribution >= 4 is 47.2 Å². The molecule has 0 aromatic heterocycles. The van der Waals surface area contributed by atoms with Gasteiger partial charge in [0.15, 0.2) is 5.96 Å². The van der Waals surface area contributed by atoms with E-state index in [2.05, 4.69) is 38.4 Å². The molecule has 0 saturated carbocycles. The van der Waals surface area contributed by atoms with E-state index in [4.69, 9.17) is 11.6 Å². The zero-order chi connectivity index (χ0) is 18.4. The van der Waals surface area contributed by atoms with E-state index >= 15 is 0 Å². The van der Waals surface area contributed by atoms with Crippen LogP contribution in [-0.4, -0.2) is 63.2 Å². The van der Waals surface area contributed by atoms with E-state index in [-0.39, 0.29) is 24.0 Å². The molecule has 3 rings (SSSR count). The molecule has 2 aliphatic heterocycles. The molecule has 2 N–H and O–H groups in total. The number of halogens is 2. The van der Waals surface area contributed by atoms with Crippen molar-refractivity contribution in [2.24, 2.45) is 10.9 Å². The third-order valence-electron chi connectivity index (χ3n) is 5.31. The summed E-state index contributed by atoms with van der Waals surface area (Å²) in [7, 11) is 1.85. The van der Waals surface area contributed by atoms with E-state index in [1.165, 1.54) is 38.2 Å². The zero-order valence-electron chi connectivity index (χ0n) is 16.5. The van der Waals surface area contributed by atoms with Gasteiger partial charge in [-0.25, -0.2) is 0 Å². The molecule has 7 heteroatoms. The van der Waals surface area contributed by atoms with Gasteiger partial charge in [-0.15, -0.1) is 24.0 Å². The second kappa shape index (κ2) is 11.3. The number of nitrogens with one attached hydrogen (secondary N) is 2. The molecule has 2 heterocycles. The van der Waals surface area contributed by atoms with Crippen molar-refractivity contribution in [3.05, 3.63) is 29.3 Å². The fourth-order valence-corrected chi connectivity index (χ4v) is 4.10. The molecule has 2 unspecified atom stereocenters. The molecule has 2 fully saturated rings. The average molecular weight is 506 g/mol. The highest BCUT2D eigenvalue weighted by Crippen LogP contribution is 2.23. The second-order valence-electron chi connectivity index (χ2n) is 7.62. The highest BCUT2D eigenvalue weighted by atomic mass is 127. The van der Waals surface area contributed by atoms with Crippen LogP contribution in [0.25, 0.3) is 0 Å². The Hall–Kier alpha value is -0.730. The van der Waals surface area contributed by atoms with Crippen molar-refractivity contribution in [2.75, 3.05) is 51.2 Å². The Morgan fingerprint density at radius 2 is 2.07 bits per heavy atom. The van der Waals surface area contributed by atoms with Gasteiger partial charge in [-0.2, -0.15) is 0 Å². The van der Waals surface area contributed by atoms with Crippen LogP contribution in [0, 0.1) is 5.92 Å². The van der Waals surface area contributed by atoms with Crippen LogP contribution in [0.15, 0.2) is 29.3 Å². The number of guanidine groups is 1. The lowest BCUT2D eigenvalue weighted by atomic mass is 10.1. The summed E-state index contributed by atoms with van der Waals surface area (Å²) >= 11 is 6.12. The van der Waals surface area contributed by atoms with E-state index in [9.17, 15) is 0 Å². The Bertz CT molecular complexity index is 606. The molecule has 2 atom stereocenters. The van der Waals surface area contributed by atoms with E-state index in [0.717, 1.165) is 37.0 Å². The first-order valence-corrected chi connectivity index (χ1v) is 10.2. The van der Waals surface area contributed by atoms with Crippen LogP contribution < -0.4 is 15.5 Å². The summed E-state index contributed by atoms with van der Waals surface area (Å²) in [5, 5.41) is 7.88. The van der Waals surface area contributed by atoms with Crippen molar-refractivity contribution in [2.45, 2.75) is 32.2 Å². The third-order valence-corrected chi connectivity index (χ3v) is 5.55. The Balaban J connectivity index is 0.00000261. The van der Waals surface area contributed by atoms with Gasteiger partial charge < -0.3 is 20.4 Å². The van der Waals surface area contributed by atoms with Crippen LogP contribution in [0.5, 0.6) is 0 Å². The fourth-order valence-electron chi connectivity index (χ4n) is 3.91. The predicted molar refractivity (Wildman–Crippen MR) is 127 cm³/mol. The Kier molecular flexibility index (Phi) is 9.45. The number of likely N-dealkylation sites (tertiary alicyclic amines) is 1. The van der Waals surface area contributed by atoms with Crippen molar-refractivity contribution < 1.29 is 0 Å². The van der Waals surface area contributed by atoms with Crippen LogP contribution >= 0.6 is 35.6 Å². The van der Waals surface area contributed by atoms with E-state index in [1.807, 2.05) is 25.2 Å². The number of aliphatic imine (C=N–C) groups is 1. The van der Waals surface area contributed by atoms with Gasteiger partial charge in [-0.1, -0.05) is 24.6 Å². The molecule has 1 aromatic carbocycles. The van der Waals surface area contributed by atoms with Gasteiger partial charge in [0.2, 0.25) is 0 Å². The van der Waals surface area contributed by atoms with Crippen LogP contribution in [0.1, 0.15) is 26.2 Å². The summed E-state index contributed by atoms with van der Waals surface area (Å²) in [5.41, 5.74) is 1.20. The molecule has 0 spiro atoms. The Morgan fingerprint density at radius 3 is 2.78 bits per heavy atom. The highest BCUT2D eigenvalue weighted by molar-refractivity contribution is 14.0. The van der Waals surface area contributed by atoms with Crippen molar-refractivity contribution in [3.63, 3.8) is 0 Å². The lowest BCUT2D eigenvalue weighted by Gasteiger charge is -2.23. The summed E-state index contributed by atoms with van der Waals surface area (Å²) in [6.45, 7) is 8.99. The molecule has 0 bridgehead atoms. The van der Waals surface area contributed by atoms with Gasteiger partial charge in [-0.05, 0) is 56.5 Å². The summed E-state index contributed by atoms with van der Waals surface area (Å²) in [6.07, 6.45) is 3.82. The number of nitrogens with zero attached hydrogens (tertiary/aromatic N) is 3. The standard InChI is InChI=1S/C20H32ClN5.HI/c1-16(14-25-9-3-4-10-25)13-23-20(22-2)24-18-8-11-26(15-18)19-7-5-6-17(21)12-19;/h5-7,12,16,18H,3-4,8-11,13-15H2,1-2H3,(H2,22,23,24);1H. The molecule has 2 aliphatic rings. The first-order chi connectivity index (χ1) is 12.6. The summed E-state index contributed by atoms with van der Waals surface area (Å²) < 4.78 is 0. The molecule has 0 aliphatic carbocycles. The molecule has 1 aromatic rings. The van der Waals surface area contributed by atoms with Gasteiger partial charge in [0.1, 0.15) is 0 Å². The van der Waals surface area contributed by atoms with Crippen molar-refractivity contribution in [1.82, 2.24) is 15.5 Å². The molecule has 2 saturated heterocycles. The molecule has 152 valence electrons. The number of anilines is 1. The maximum Gasteiger partial charge on any atom is 0.191 e. The van der Waals surface area contributed by atoms with Crippen LogP contribution in [-0.2, 0) is 0 Å². The van der Waals surface area contributed by atoms with Gasteiger partial charge in [0.25, 0.3) is 0 Å². The Labute approximate surface area is 185 Å². The molecule has 5 nitrogen and oxygen atoms in total. The second-order valence-corrected chi connectivity index (χ2v) is 8.06. The monoisotopic (exact) mass is 505 g/mol. The minimum atomic E-state index is 0. The van der Waals surface area contributed by atoms with Gasteiger partial charge in [0, 0.05) is 50.0 Å². The largest absolute Gasteiger partial charge is 0.369 e. The maximum absolute atomic E-state index is 6.12. The topological polar surface area (TPSA) is 42.9 Å². The third kappa shape index (κ3) is 6.98. The van der Waals surface area contributed by atoms with E-state index in [1.54, 1.807) is 0 Å². The summed E-state index contributed by atoms with van der Waals surface area (Å²) in [5.74, 6) is 1.54. The summed E-state index contributed by atoms with van der Waals surface area (Å²) in [4.78, 5) is 9.36. The Morgan fingerprint density at radius 1 is 1.30 bits per heavy atom. The first kappa shape index (κ1) is 22.6. The number of benzene rings is 1. The minimum Gasteiger partial charge on any atom is -0.369 e. The van der Waals surface area contributed by atoms with Crippen LogP contribution in [0.2, 0.25) is 5.02 Å². The minimum absolute atomic E-state index is 0. The SMILES string of the molecule is CN=C(NCC(C)CN1CCCC1)NC1CCN(c2cccc(Cl)c2)C1.I.